The van der Waals surface area contributed by atoms with Crippen LogP contribution in [0, 0.1) is 0 Å². The molecule has 0 radical (unpaired) electrons. The maximum atomic E-state index is 12.2. The summed E-state index contributed by atoms with van der Waals surface area (Å²) in [4.78, 5) is 14.5. The fraction of sp³-hybridized carbons (Fsp3) is 0.611. The van der Waals surface area contributed by atoms with E-state index in [-0.39, 0.29) is 24.3 Å². The number of para-hydroxylation sites is 2. The Kier molecular flexibility index (Phi) is 5.58. The van der Waals surface area contributed by atoms with Crippen LogP contribution in [0.15, 0.2) is 24.3 Å². The average molecular weight is 333 g/mol. The van der Waals surface area contributed by atoms with Crippen molar-refractivity contribution in [1.82, 2.24) is 5.32 Å². The van der Waals surface area contributed by atoms with E-state index in [0.29, 0.717) is 6.54 Å². The molecule has 0 aromatic heterocycles. The predicted molar refractivity (Wildman–Crippen MR) is 94.7 cm³/mol. The lowest BCUT2D eigenvalue weighted by molar-refractivity contribution is -0.00517. The minimum Gasteiger partial charge on any atom is -0.376 e. The quantitative estimate of drug-likeness (QED) is 0.889. The molecule has 1 aromatic rings. The summed E-state index contributed by atoms with van der Waals surface area (Å²) >= 11 is 0. The van der Waals surface area contributed by atoms with Crippen LogP contribution in [0.3, 0.4) is 0 Å². The molecular weight excluding hydrogens is 306 g/mol. The summed E-state index contributed by atoms with van der Waals surface area (Å²) in [5.41, 5.74) is 1.86. The van der Waals surface area contributed by atoms with Crippen LogP contribution in [0.25, 0.3) is 0 Å². The topological polar surface area (TPSA) is 62.8 Å². The number of benzene rings is 1. The Labute approximate surface area is 143 Å². The molecule has 0 aliphatic carbocycles. The van der Waals surface area contributed by atoms with Crippen molar-refractivity contribution in [3.63, 3.8) is 0 Å². The SMILES string of the molecule is CC1CN(c2ccccc2NC(=O)NCC2CCCO2)CC(C)O1. The highest BCUT2D eigenvalue weighted by Gasteiger charge is 2.24. The standard InChI is InChI=1S/C18H27N3O3/c1-13-11-21(12-14(2)24-13)17-8-4-3-7-16(17)20-18(22)19-10-15-6-5-9-23-15/h3-4,7-8,13-15H,5-6,9-12H2,1-2H3,(H2,19,20,22). The molecule has 2 N–H and O–H groups in total. The Morgan fingerprint density at radius 1 is 1.25 bits per heavy atom. The second-order valence-corrected chi connectivity index (χ2v) is 6.65. The van der Waals surface area contributed by atoms with Crippen LogP contribution < -0.4 is 15.5 Å². The number of urea groups is 1. The monoisotopic (exact) mass is 333 g/mol. The lowest BCUT2D eigenvalue weighted by Gasteiger charge is -2.37. The molecule has 0 spiro atoms. The van der Waals surface area contributed by atoms with E-state index in [4.69, 9.17) is 9.47 Å². The number of nitrogens with zero attached hydrogens (tertiary/aromatic N) is 1. The first-order valence-corrected chi connectivity index (χ1v) is 8.77. The van der Waals surface area contributed by atoms with Crippen LogP contribution in [-0.2, 0) is 9.47 Å². The molecule has 2 aliphatic rings. The van der Waals surface area contributed by atoms with Gasteiger partial charge in [-0.05, 0) is 38.8 Å². The minimum absolute atomic E-state index is 0.145. The van der Waals surface area contributed by atoms with Crippen LogP contribution in [0.4, 0.5) is 16.2 Å². The molecule has 132 valence electrons. The highest BCUT2D eigenvalue weighted by molar-refractivity contribution is 5.93. The minimum atomic E-state index is -0.188. The first-order chi connectivity index (χ1) is 11.6. The van der Waals surface area contributed by atoms with Crippen molar-refractivity contribution in [1.29, 1.82) is 0 Å². The maximum Gasteiger partial charge on any atom is 0.319 e. The van der Waals surface area contributed by atoms with E-state index in [1.807, 2.05) is 24.3 Å². The highest BCUT2D eigenvalue weighted by atomic mass is 16.5. The zero-order valence-electron chi connectivity index (χ0n) is 14.5. The van der Waals surface area contributed by atoms with E-state index >= 15 is 0 Å². The van der Waals surface area contributed by atoms with Crippen LogP contribution in [0.1, 0.15) is 26.7 Å². The van der Waals surface area contributed by atoms with Gasteiger partial charge in [0, 0.05) is 26.2 Å². The Morgan fingerprint density at radius 2 is 2.00 bits per heavy atom. The van der Waals surface area contributed by atoms with Gasteiger partial charge in [-0.3, -0.25) is 0 Å². The average Bonchev–Trinajstić information content (AvgIpc) is 3.06. The fourth-order valence-electron chi connectivity index (χ4n) is 3.41. The van der Waals surface area contributed by atoms with E-state index in [0.717, 1.165) is 43.9 Å². The number of morpholine rings is 1. The predicted octanol–water partition coefficient (Wildman–Crippen LogP) is 2.60. The summed E-state index contributed by atoms with van der Waals surface area (Å²) in [6.45, 7) is 7.14. The molecule has 0 bridgehead atoms. The van der Waals surface area contributed by atoms with Crippen molar-refractivity contribution in [2.24, 2.45) is 0 Å². The summed E-state index contributed by atoms with van der Waals surface area (Å²) in [6.07, 6.45) is 2.59. The highest BCUT2D eigenvalue weighted by Crippen LogP contribution is 2.28. The molecular formula is C18H27N3O3. The number of hydrogen-bond acceptors (Lipinski definition) is 4. The second kappa shape index (κ2) is 7.85. The summed E-state index contributed by atoms with van der Waals surface area (Å²) in [5.74, 6) is 0. The van der Waals surface area contributed by atoms with Crippen molar-refractivity contribution < 1.29 is 14.3 Å². The van der Waals surface area contributed by atoms with Gasteiger partial charge in [0.2, 0.25) is 0 Å². The Morgan fingerprint density at radius 3 is 2.71 bits per heavy atom. The van der Waals surface area contributed by atoms with E-state index < -0.39 is 0 Å². The van der Waals surface area contributed by atoms with Crippen LogP contribution in [0.2, 0.25) is 0 Å². The molecule has 24 heavy (non-hydrogen) atoms. The molecule has 3 atom stereocenters. The number of carbonyl (C=O) groups is 1. The number of carbonyl (C=O) groups excluding carboxylic acids is 1. The molecule has 3 rings (SSSR count). The smallest absolute Gasteiger partial charge is 0.319 e. The number of anilines is 2. The van der Waals surface area contributed by atoms with Gasteiger partial charge in [0.05, 0.1) is 29.7 Å². The third-order valence-corrected chi connectivity index (χ3v) is 4.43. The Balaban J connectivity index is 1.61. The molecule has 2 saturated heterocycles. The van der Waals surface area contributed by atoms with E-state index in [1.165, 1.54) is 0 Å². The molecule has 2 fully saturated rings. The number of rotatable bonds is 4. The van der Waals surface area contributed by atoms with E-state index in [1.54, 1.807) is 0 Å². The Hall–Kier alpha value is -1.79. The van der Waals surface area contributed by atoms with Crippen molar-refractivity contribution in [3.05, 3.63) is 24.3 Å². The zero-order valence-corrected chi connectivity index (χ0v) is 14.5. The fourth-order valence-corrected chi connectivity index (χ4v) is 3.41. The summed E-state index contributed by atoms with van der Waals surface area (Å²) in [6, 6.07) is 7.72. The molecule has 3 unspecified atom stereocenters. The molecule has 6 nitrogen and oxygen atoms in total. The van der Waals surface area contributed by atoms with E-state index in [9.17, 15) is 4.79 Å². The van der Waals surface area contributed by atoms with Gasteiger partial charge in [0.15, 0.2) is 0 Å². The molecule has 6 heteroatoms. The van der Waals surface area contributed by atoms with Crippen molar-refractivity contribution in [2.45, 2.75) is 45.0 Å². The van der Waals surface area contributed by atoms with Crippen LogP contribution in [0.5, 0.6) is 0 Å². The second-order valence-electron chi connectivity index (χ2n) is 6.65. The van der Waals surface area contributed by atoms with Gasteiger partial charge in [-0.1, -0.05) is 12.1 Å². The molecule has 2 amide bonds. The first-order valence-electron chi connectivity index (χ1n) is 8.77. The van der Waals surface area contributed by atoms with Gasteiger partial charge in [-0.25, -0.2) is 4.79 Å². The van der Waals surface area contributed by atoms with Gasteiger partial charge in [0.25, 0.3) is 0 Å². The number of ether oxygens (including phenoxy) is 2. The van der Waals surface area contributed by atoms with Gasteiger partial charge in [-0.15, -0.1) is 0 Å². The molecule has 1 aromatic carbocycles. The maximum absolute atomic E-state index is 12.2. The van der Waals surface area contributed by atoms with Crippen molar-refractivity contribution in [3.8, 4) is 0 Å². The van der Waals surface area contributed by atoms with Crippen molar-refractivity contribution >= 4 is 17.4 Å². The summed E-state index contributed by atoms with van der Waals surface area (Å²) in [5, 5.41) is 5.88. The lowest BCUT2D eigenvalue weighted by atomic mass is 10.1. The normalized spacial score (nSPS) is 27.1. The Bertz CT molecular complexity index is 550. The van der Waals surface area contributed by atoms with Gasteiger partial charge >= 0.3 is 6.03 Å². The largest absolute Gasteiger partial charge is 0.376 e. The summed E-state index contributed by atoms with van der Waals surface area (Å²) in [7, 11) is 0. The van der Waals surface area contributed by atoms with E-state index in [2.05, 4.69) is 29.4 Å². The third-order valence-electron chi connectivity index (χ3n) is 4.43. The van der Waals surface area contributed by atoms with Gasteiger partial charge < -0.3 is 25.0 Å². The lowest BCUT2D eigenvalue weighted by Crippen LogP contribution is -2.46. The van der Waals surface area contributed by atoms with Gasteiger partial charge in [0.1, 0.15) is 0 Å². The zero-order chi connectivity index (χ0) is 16.9. The molecule has 2 aliphatic heterocycles. The van der Waals surface area contributed by atoms with Crippen molar-refractivity contribution in [2.75, 3.05) is 36.5 Å². The molecule has 0 saturated carbocycles. The first kappa shape index (κ1) is 17.0. The number of nitrogens with one attached hydrogen (secondary N) is 2. The number of hydrogen-bond donors (Lipinski definition) is 2. The molecule has 2 heterocycles. The van der Waals surface area contributed by atoms with Crippen LogP contribution in [-0.4, -0.2) is 50.6 Å². The summed E-state index contributed by atoms with van der Waals surface area (Å²) < 4.78 is 11.3. The van der Waals surface area contributed by atoms with Gasteiger partial charge in [-0.2, -0.15) is 0 Å². The number of amides is 2. The third kappa shape index (κ3) is 4.39. The van der Waals surface area contributed by atoms with Crippen LogP contribution >= 0.6 is 0 Å².